The highest BCUT2D eigenvalue weighted by molar-refractivity contribution is 5.95. The molecule has 0 unspecified atom stereocenters. The van der Waals surface area contributed by atoms with Crippen molar-refractivity contribution < 1.29 is 24.5 Å². The lowest BCUT2D eigenvalue weighted by Crippen LogP contribution is -2.17. The van der Waals surface area contributed by atoms with Crippen molar-refractivity contribution in [1.29, 1.82) is 0 Å². The fourth-order valence-corrected chi connectivity index (χ4v) is 2.51. The van der Waals surface area contributed by atoms with Gasteiger partial charge in [-0.2, -0.15) is 5.10 Å². The van der Waals surface area contributed by atoms with Crippen molar-refractivity contribution in [3.8, 4) is 23.0 Å². The molecule has 0 bridgehead atoms. The molecule has 7 nitrogen and oxygen atoms in total. The van der Waals surface area contributed by atoms with Gasteiger partial charge in [0.2, 0.25) is 0 Å². The summed E-state index contributed by atoms with van der Waals surface area (Å²) in [5.74, 6) is 0.247. The number of hydrogen-bond acceptors (Lipinski definition) is 6. The topological polar surface area (TPSA) is 100 Å². The Morgan fingerprint density at radius 3 is 2.59 bits per heavy atom. The van der Waals surface area contributed by atoms with Crippen LogP contribution in [0.5, 0.6) is 23.0 Å². The number of hydrogen-bond donors (Lipinski definition) is 3. The van der Waals surface area contributed by atoms with Gasteiger partial charge in [-0.1, -0.05) is 24.3 Å². The summed E-state index contributed by atoms with van der Waals surface area (Å²) >= 11 is 0. The monoisotopic (exact) mass is 392 g/mol. The van der Waals surface area contributed by atoms with Crippen molar-refractivity contribution in [2.45, 2.75) is 6.61 Å². The Labute approximate surface area is 167 Å². The van der Waals surface area contributed by atoms with Crippen molar-refractivity contribution in [1.82, 2.24) is 5.43 Å². The number of rotatable bonds is 7. The van der Waals surface area contributed by atoms with Crippen LogP contribution < -0.4 is 14.9 Å². The number of nitrogens with one attached hydrogen (secondary N) is 1. The molecule has 0 aliphatic heterocycles. The van der Waals surface area contributed by atoms with Crippen molar-refractivity contribution in [2.75, 3.05) is 7.11 Å². The van der Waals surface area contributed by atoms with Crippen LogP contribution >= 0.6 is 0 Å². The van der Waals surface area contributed by atoms with Crippen LogP contribution in [0.25, 0.3) is 0 Å². The van der Waals surface area contributed by atoms with Gasteiger partial charge in [0.25, 0.3) is 5.91 Å². The summed E-state index contributed by atoms with van der Waals surface area (Å²) in [6.45, 7) is 0.388. The minimum atomic E-state index is -0.512. The fourth-order valence-electron chi connectivity index (χ4n) is 2.51. The first-order valence-electron chi connectivity index (χ1n) is 8.76. The molecule has 0 heterocycles. The SMILES string of the molecule is COc1cccc(COc2cccc(/C=N/NC(=O)c3ccc(O)c(O)c3)c2)c1. The summed E-state index contributed by atoms with van der Waals surface area (Å²) in [4.78, 5) is 12.0. The number of hydrazone groups is 1. The average molecular weight is 392 g/mol. The van der Waals surface area contributed by atoms with Crippen LogP contribution in [-0.4, -0.2) is 29.4 Å². The largest absolute Gasteiger partial charge is 0.504 e. The molecule has 0 saturated carbocycles. The molecule has 0 aliphatic carbocycles. The third-order valence-corrected chi connectivity index (χ3v) is 4.02. The average Bonchev–Trinajstić information content (AvgIpc) is 2.74. The molecular weight excluding hydrogens is 372 g/mol. The van der Waals surface area contributed by atoms with E-state index in [0.29, 0.717) is 12.4 Å². The van der Waals surface area contributed by atoms with Gasteiger partial charge >= 0.3 is 0 Å². The van der Waals surface area contributed by atoms with Gasteiger partial charge in [0.1, 0.15) is 18.1 Å². The second-order valence-corrected chi connectivity index (χ2v) is 6.12. The van der Waals surface area contributed by atoms with Crippen LogP contribution in [0.4, 0.5) is 0 Å². The molecule has 7 heteroatoms. The highest BCUT2D eigenvalue weighted by Crippen LogP contribution is 2.24. The summed E-state index contributed by atoms with van der Waals surface area (Å²) in [5.41, 5.74) is 4.26. The van der Waals surface area contributed by atoms with Crippen LogP contribution in [-0.2, 0) is 6.61 Å². The van der Waals surface area contributed by atoms with E-state index in [2.05, 4.69) is 10.5 Å². The lowest BCUT2D eigenvalue weighted by Gasteiger charge is -2.08. The maximum absolute atomic E-state index is 12.0. The first-order chi connectivity index (χ1) is 14.0. The quantitative estimate of drug-likeness (QED) is 0.325. The maximum Gasteiger partial charge on any atom is 0.271 e. The first kappa shape index (κ1) is 19.8. The number of methoxy groups -OCH3 is 1. The molecule has 0 atom stereocenters. The Morgan fingerprint density at radius 1 is 1.00 bits per heavy atom. The molecule has 0 spiro atoms. The number of benzene rings is 3. The first-order valence-corrected chi connectivity index (χ1v) is 8.76. The van der Waals surface area contributed by atoms with Crippen molar-refractivity contribution in [3.05, 3.63) is 83.4 Å². The Balaban J connectivity index is 1.58. The van der Waals surface area contributed by atoms with Crippen molar-refractivity contribution in [3.63, 3.8) is 0 Å². The van der Waals surface area contributed by atoms with E-state index < -0.39 is 5.91 Å². The molecule has 0 aromatic heterocycles. The number of phenols is 2. The number of ether oxygens (including phenoxy) is 2. The molecular formula is C22H20N2O5. The van der Waals surface area contributed by atoms with Gasteiger partial charge < -0.3 is 19.7 Å². The van der Waals surface area contributed by atoms with E-state index in [1.54, 1.807) is 13.2 Å². The highest BCUT2D eigenvalue weighted by Gasteiger charge is 2.07. The van der Waals surface area contributed by atoms with Crippen LogP contribution in [0.2, 0.25) is 0 Å². The predicted molar refractivity (Wildman–Crippen MR) is 109 cm³/mol. The van der Waals surface area contributed by atoms with Gasteiger partial charge in [0.05, 0.1) is 13.3 Å². The van der Waals surface area contributed by atoms with E-state index in [1.807, 2.05) is 42.5 Å². The Hall–Kier alpha value is -4.00. The smallest absolute Gasteiger partial charge is 0.271 e. The molecule has 3 rings (SSSR count). The van der Waals surface area contributed by atoms with Gasteiger partial charge in [-0.25, -0.2) is 5.43 Å². The number of amides is 1. The van der Waals surface area contributed by atoms with Crippen LogP contribution in [0, 0.1) is 0 Å². The number of nitrogens with zero attached hydrogens (tertiary/aromatic N) is 1. The van der Waals surface area contributed by atoms with E-state index >= 15 is 0 Å². The second kappa shape index (κ2) is 9.27. The summed E-state index contributed by atoms with van der Waals surface area (Å²) in [6.07, 6.45) is 1.48. The number of aromatic hydroxyl groups is 2. The van der Waals surface area contributed by atoms with E-state index in [9.17, 15) is 15.0 Å². The Morgan fingerprint density at radius 2 is 1.79 bits per heavy atom. The maximum atomic E-state index is 12.0. The lowest BCUT2D eigenvalue weighted by molar-refractivity contribution is 0.0954. The van der Waals surface area contributed by atoms with E-state index in [1.165, 1.54) is 18.3 Å². The lowest BCUT2D eigenvalue weighted by atomic mass is 10.2. The summed E-state index contributed by atoms with van der Waals surface area (Å²) in [6, 6.07) is 18.7. The van der Waals surface area contributed by atoms with E-state index in [4.69, 9.17) is 9.47 Å². The van der Waals surface area contributed by atoms with Gasteiger partial charge in [0.15, 0.2) is 11.5 Å². The molecule has 29 heavy (non-hydrogen) atoms. The zero-order valence-corrected chi connectivity index (χ0v) is 15.7. The number of carbonyl (C=O) groups is 1. The van der Waals surface area contributed by atoms with Gasteiger partial charge in [-0.3, -0.25) is 4.79 Å². The Kier molecular flexibility index (Phi) is 6.32. The molecule has 148 valence electrons. The summed E-state index contributed by atoms with van der Waals surface area (Å²) < 4.78 is 11.0. The zero-order valence-electron chi connectivity index (χ0n) is 15.7. The third kappa shape index (κ3) is 5.49. The Bertz CT molecular complexity index is 1030. The molecule has 1 amide bonds. The second-order valence-electron chi connectivity index (χ2n) is 6.12. The van der Waals surface area contributed by atoms with E-state index in [-0.39, 0.29) is 17.1 Å². The molecule has 3 aromatic carbocycles. The van der Waals surface area contributed by atoms with Crippen LogP contribution in [0.1, 0.15) is 21.5 Å². The standard InChI is InChI=1S/C22H20N2O5/c1-28-18-6-3-5-16(11-18)14-29-19-7-2-4-15(10-19)13-23-24-22(27)17-8-9-20(25)21(26)12-17/h2-13,25-26H,14H2,1H3,(H,24,27)/b23-13+. The molecule has 0 radical (unpaired) electrons. The van der Waals surface area contributed by atoms with Gasteiger partial charge in [-0.15, -0.1) is 0 Å². The zero-order chi connectivity index (χ0) is 20.6. The molecule has 3 aromatic rings. The van der Waals surface area contributed by atoms with Gasteiger partial charge in [-0.05, 0) is 53.6 Å². The van der Waals surface area contributed by atoms with Gasteiger partial charge in [0, 0.05) is 5.56 Å². The van der Waals surface area contributed by atoms with E-state index in [0.717, 1.165) is 22.9 Å². The minimum absolute atomic E-state index is 0.174. The van der Waals surface area contributed by atoms with Crippen molar-refractivity contribution in [2.24, 2.45) is 5.10 Å². The van der Waals surface area contributed by atoms with Crippen molar-refractivity contribution >= 4 is 12.1 Å². The van der Waals surface area contributed by atoms with Crippen LogP contribution in [0.3, 0.4) is 0 Å². The molecule has 3 N–H and O–H groups in total. The fraction of sp³-hybridized carbons (Fsp3) is 0.0909. The number of phenolic OH excluding ortho intramolecular Hbond substituents is 2. The summed E-state index contributed by atoms with van der Waals surface area (Å²) in [7, 11) is 1.62. The normalized spacial score (nSPS) is 10.7. The molecule has 0 fully saturated rings. The highest BCUT2D eigenvalue weighted by atomic mass is 16.5. The molecule has 0 saturated heterocycles. The molecule has 0 aliphatic rings. The minimum Gasteiger partial charge on any atom is -0.504 e. The predicted octanol–water partition coefficient (Wildman–Crippen LogP) is 3.45. The third-order valence-electron chi connectivity index (χ3n) is 4.02. The van der Waals surface area contributed by atoms with Crippen LogP contribution in [0.15, 0.2) is 71.8 Å². The summed E-state index contributed by atoms with van der Waals surface area (Å²) in [5, 5.41) is 22.7. The number of carbonyl (C=O) groups excluding carboxylic acids is 1.